The van der Waals surface area contributed by atoms with E-state index in [9.17, 15) is 9.59 Å². The van der Waals surface area contributed by atoms with Gasteiger partial charge in [0.05, 0.1) is 18.1 Å². The van der Waals surface area contributed by atoms with Crippen molar-refractivity contribution in [2.45, 2.75) is 25.5 Å². The minimum Gasteiger partial charge on any atom is -0.497 e. The number of rotatable bonds is 9. The third-order valence-corrected chi connectivity index (χ3v) is 5.18. The van der Waals surface area contributed by atoms with Gasteiger partial charge in [-0.2, -0.15) is 0 Å². The van der Waals surface area contributed by atoms with E-state index < -0.39 is 0 Å². The highest BCUT2D eigenvalue weighted by molar-refractivity contribution is 8.01. The summed E-state index contributed by atoms with van der Waals surface area (Å²) >= 11 is 1.33. The van der Waals surface area contributed by atoms with Crippen molar-refractivity contribution in [3.8, 4) is 5.75 Å². The smallest absolute Gasteiger partial charge is 0.234 e. The first-order chi connectivity index (χ1) is 13.0. The zero-order valence-electron chi connectivity index (χ0n) is 16.0. The Morgan fingerprint density at radius 2 is 1.74 bits per heavy atom. The zero-order chi connectivity index (χ0) is 19.6. The highest BCUT2D eigenvalue weighted by Gasteiger charge is 2.15. The van der Waals surface area contributed by atoms with Gasteiger partial charge in [0.2, 0.25) is 11.8 Å². The molecule has 0 radical (unpaired) electrons. The lowest BCUT2D eigenvalue weighted by Crippen LogP contribution is -2.33. The third kappa shape index (κ3) is 7.35. The van der Waals surface area contributed by atoms with E-state index in [-0.39, 0.29) is 22.8 Å². The number of ether oxygens (including phenoxy) is 1. The number of nitrogens with one attached hydrogen (secondary N) is 2. The predicted octanol–water partition coefficient (Wildman–Crippen LogP) is 3.42. The number of hydrogen-bond acceptors (Lipinski definition) is 4. The molecule has 0 spiro atoms. The Kier molecular flexibility index (Phi) is 8.20. The summed E-state index contributed by atoms with van der Waals surface area (Å²) in [6.45, 7) is 4.37. The van der Waals surface area contributed by atoms with E-state index in [4.69, 9.17) is 4.74 Å². The fraction of sp³-hybridized carbons (Fsp3) is 0.333. The summed E-state index contributed by atoms with van der Waals surface area (Å²) in [5.41, 5.74) is 3.04. The monoisotopic (exact) mass is 386 g/mol. The third-order valence-electron chi connectivity index (χ3n) is 4.04. The molecule has 6 heteroatoms. The average molecular weight is 387 g/mol. The van der Waals surface area contributed by atoms with Crippen molar-refractivity contribution in [1.29, 1.82) is 0 Å². The molecule has 2 N–H and O–H groups in total. The first-order valence-electron chi connectivity index (χ1n) is 8.86. The molecule has 2 rings (SSSR count). The molecule has 0 aliphatic heterocycles. The Balaban J connectivity index is 1.66. The molecule has 2 aromatic rings. The maximum atomic E-state index is 12.2. The number of benzene rings is 2. The average Bonchev–Trinajstić information content (AvgIpc) is 2.68. The standard InChI is InChI=1S/C21H26N2O3S/c1-15-4-8-18(9-5-15)23-20(24)14-27-16(2)21(25)22-13-12-17-6-10-19(26-3)11-7-17/h4-11,16H,12-14H2,1-3H3,(H,22,25)(H,23,24). The Bertz CT molecular complexity index is 745. The van der Waals surface area contributed by atoms with Gasteiger partial charge in [-0.1, -0.05) is 29.8 Å². The Morgan fingerprint density at radius 1 is 1.07 bits per heavy atom. The molecule has 144 valence electrons. The van der Waals surface area contributed by atoms with Crippen LogP contribution in [0.5, 0.6) is 5.75 Å². The van der Waals surface area contributed by atoms with Crippen molar-refractivity contribution in [1.82, 2.24) is 5.32 Å². The van der Waals surface area contributed by atoms with Crippen molar-refractivity contribution < 1.29 is 14.3 Å². The normalized spacial score (nSPS) is 11.5. The molecule has 0 saturated heterocycles. The van der Waals surface area contributed by atoms with Crippen molar-refractivity contribution in [2.75, 3.05) is 24.7 Å². The number of methoxy groups -OCH3 is 1. The number of hydrogen-bond donors (Lipinski definition) is 2. The summed E-state index contributed by atoms with van der Waals surface area (Å²) < 4.78 is 5.13. The van der Waals surface area contributed by atoms with Crippen molar-refractivity contribution in [3.05, 3.63) is 59.7 Å². The molecule has 2 amide bonds. The van der Waals surface area contributed by atoms with Crippen LogP contribution in [0, 0.1) is 6.92 Å². The number of aryl methyl sites for hydroxylation is 1. The minimum absolute atomic E-state index is 0.0587. The van der Waals surface area contributed by atoms with E-state index >= 15 is 0 Å². The SMILES string of the molecule is COc1ccc(CCNC(=O)C(C)SCC(=O)Nc2ccc(C)cc2)cc1. The quantitative estimate of drug-likeness (QED) is 0.693. The van der Waals surface area contributed by atoms with E-state index in [1.807, 2.05) is 62.4 Å². The van der Waals surface area contributed by atoms with Gasteiger partial charge in [-0.3, -0.25) is 9.59 Å². The first kappa shape index (κ1) is 20.8. The molecular weight excluding hydrogens is 360 g/mol. The maximum Gasteiger partial charge on any atom is 0.234 e. The molecule has 0 aromatic heterocycles. The Hall–Kier alpha value is -2.47. The second-order valence-electron chi connectivity index (χ2n) is 6.26. The number of anilines is 1. The van der Waals surface area contributed by atoms with Crippen LogP contribution in [0.3, 0.4) is 0 Å². The van der Waals surface area contributed by atoms with Crippen molar-refractivity contribution in [3.63, 3.8) is 0 Å². The second kappa shape index (κ2) is 10.6. The first-order valence-corrected chi connectivity index (χ1v) is 9.91. The van der Waals surface area contributed by atoms with Crippen LogP contribution in [0.1, 0.15) is 18.1 Å². The highest BCUT2D eigenvalue weighted by atomic mass is 32.2. The molecule has 2 aromatic carbocycles. The molecular formula is C21H26N2O3S. The number of thioether (sulfide) groups is 1. The van der Waals surface area contributed by atoms with E-state index in [0.717, 1.165) is 29.0 Å². The fourth-order valence-electron chi connectivity index (χ4n) is 2.38. The van der Waals surface area contributed by atoms with Crippen LogP contribution in [0.4, 0.5) is 5.69 Å². The molecule has 0 aliphatic rings. The molecule has 0 heterocycles. The predicted molar refractivity (Wildman–Crippen MR) is 111 cm³/mol. The number of amides is 2. The van der Waals surface area contributed by atoms with Gasteiger partial charge in [0.25, 0.3) is 0 Å². The van der Waals surface area contributed by atoms with Crippen LogP contribution >= 0.6 is 11.8 Å². The van der Waals surface area contributed by atoms with Crippen molar-refractivity contribution in [2.24, 2.45) is 0 Å². The lowest BCUT2D eigenvalue weighted by atomic mass is 10.1. The number of carbonyl (C=O) groups is 2. The lowest BCUT2D eigenvalue weighted by Gasteiger charge is -2.12. The van der Waals surface area contributed by atoms with Gasteiger partial charge in [-0.05, 0) is 50.1 Å². The van der Waals surface area contributed by atoms with E-state index in [0.29, 0.717) is 6.54 Å². The van der Waals surface area contributed by atoms with Crippen LogP contribution < -0.4 is 15.4 Å². The Morgan fingerprint density at radius 3 is 2.37 bits per heavy atom. The van der Waals surface area contributed by atoms with Gasteiger partial charge < -0.3 is 15.4 Å². The summed E-state index contributed by atoms with van der Waals surface area (Å²) in [7, 11) is 1.63. The largest absolute Gasteiger partial charge is 0.497 e. The minimum atomic E-state index is -0.287. The van der Waals surface area contributed by atoms with E-state index in [2.05, 4.69) is 10.6 Å². The summed E-state index contributed by atoms with van der Waals surface area (Å²) in [5, 5.41) is 5.46. The van der Waals surface area contributed by atoms with Gasteiger partial charge in [-0.25, -0.2) is 0 Å². The van der Waals surface area contributed by atoms with Gasteiger partial charge in [-0.15, -0.1) is 11.8 Å². The van der Waals surface area contributed by atoms with E-state index in [1.54, 1.807) is 7.11 Å². The second-order valence-corrected chi connectivity index (χ2v) is 7.59. The highest BCUT2D eigenvalue weighted by Crippen LogP contribution is 2.14. The van der Waals surface area contributed by atoms with Crippen molar-refractivity contribution >= 4 is 29.3 Å². The van der Waals surface area contributed by atoms with Gasteiger partial charge >= 0.3 is 0 Å². The summed E-state index contributed by atoms with van der Waals surface area (Å²) in [4.78, 5) is 24.2. The molecule has 1 atom stereocenters. The maximum absolute atomic E-state index is 12.2. The topological polar surface area (TPSA) is 67.4 Å². The molecule has 0 aliphatic carbocycles. The summed E-state index contributed by atoms with van der Waals surface area (Å²) in [6.07, 6.45) is 0.751. The number of carbonyl (C=O) groups excluding carboxylic acids is 2. The fourth-order valence-corrected chi connectivity index (χ4v) is 3.08. The van der Waals surface area contributed by atoms with E-state index in [1.165, 1.54) is 11.8 Å². The molecule has 0 fully saturated rings. The van der Waals surface area contributed by atoms with Crippen LogP contribution in [0.25, 0.3) is 0 Å². The lowest BCUT2D eigenvalue weighted by molar-refractivity contribution is -0.120. The van der Waals surface area contributed by atoms with Crippen LogP contribution in [0.2, 0.25) is 0 Å². The van der Waals surface area contributed by atoms with Gasteiger partial charge in [0, 0.05) is 12.2 Å². The van der Waals surface area contributed by atoms with Gasteiger partial charge in [0.1, 0.15) is 5.75 Å². The Labute approximate surface area is 164 Å². The summed E-state index contributed by atoms with van der Waals surface area (Å²) in [6, 6.07) is 15.4. The van der Waals surface area contributed by atoms with Crippen LogP contribution in [0.15, 0.2) is 48.5 Å². The van der Waals surface area contributed by atoms with Crippen LogP contribution in [-0.2, 0) is 16.0 Å². The molecule has 0 saturated carbocycles. The van der Waals surface area contributed by atoms with Crippen LogP contribution in [-0.4, -0.2) is 36.5 Å². The molecule has 5 nitrogen and oxygen atoms in total. The summed E-state index contributed by atoms with van der Waals surface area (Å²) in [5.74, 6) is 0.885. The zero-order valence-corrected chi connectivity index (χ0v) is 16.8. The molecule has 0 bridgehead atoms. The van der Waals surface area contributed by atoms with Gasteiger partial charge in [0.15, 0.2) is 0 Å². The molecule has 1 unspecified atom stereocenters. The molecule has 27 heavy (non-hydrogen) atoms.